The minimum Gasteiger partial charge on any atom is -0.449 e. The van der Waals surface area contributed by atoms with Crippen LogP contribution in [-0.2, 0) is 16.7 Å². The highest BCUT2D eigenvalue weighted by atomic mass is 16.5. The third-order valence-electron chi connectivity index (χ3n) is 6.85. The summed E-state index contributed by atoms with van der Waals surface area (Å²) in [5.74, 6) is 0.812. The first-order valence-corrected chi connectivity index (χ1v) is 10.4. The molecule has 1 atom stereocenters. The van der Waals surface area contributed by atoms with Gasteiger partial charge in [-0.25, -0.2) is 4.98 Å². The topological polar surface area (TPSA) is 51.4 Å². The molecule has 1 saturated heterocycles. The van der Waals surface area contributed by atoms with E-state index < -0.39 is 0 Å². The Bertz CT molecular complexity index is 753. The van der Waals surface area contributed by atoms with Crippen LogP contribution in [0.2, 0.25) is 0 Å². The van der Waals surface area contributed by atoms with Gasteiger partial charge in [-0.15, -0.1) is 0 Å². The van der Waals surface area contributed by atoms with Gasteiger partial charge in [0.1, 0.15) is 6.26 Å². The third kappa shape index (κ3) is 4.01. The lowest BCUT2D eigenvalue weighted by Crippen LogP contribution is -2.50. The van der Waals surface area contributed by atoms with Crippen LogP contribution in [0.1, 0.15) is 64.6 Å². The van der Waals surface area contributed by atoms with Gasteiger partial charge >= 0.3 is 0 Å². The molecule has 1 unspecified atom stereocenters. The summed E-state index contributed by atoms with van der Waals surface area (Å²) < 4.78 is 11.8. The van der Waals surface area contributed by atoms with Gasteiger partial charge in [-0.3, -0.25) is 9.88 Å². The molecule has 3 heterocycles. The Labute approximate surface area is 169 Å². The van der Waals surface area contributed by atoms with Crippen LogP contribution in [-0.4, -0.2) is 40.2 Å². The first kappa shape index (κ1) is 21.0. The Balaban J connectivity index is 1.84. The highest BCUT2D eigenvalue weighted by molar-refractivity contribution is 5.22. The van der Waals surface area contributed by atoms with E-state index >= 15 is 0 Å². The molecule has 2 aromatic rings. The van der Waals surface area contributed by atoms with Gasteiger partial charge in [0, 0.05) is 42.4 Å². The summed E-state index contributed by atoms with van der Waals surface area (Å²) in [6.07, 6.45) is 8.34. The zero-order valence-electron chi connectivity index (χ0n) is 18.3. The van der Waals surface area contributed by atoms with E-state index in [-0.39, 0.29) is 16.6 Å². The zero-order chi connectivity index (χ0) is 20.4. The van der Waals surface area contributed by atoms with Crippen LogP contribution in [0.3, 0.4) is 0 Å². The Morgan fingerprint density at radius 2 is 2.00 bits per heavy atom. The SMILES string of the molecule is CCOC(C)(C)C1(CCc2ncco2)CCN(C(C)(C)c2ccc(C)nc2)C1. The normalized spacial score (nSPS) is 21.4. The number of hydrogen-bond donors (Lipinski definition) is 0. The van der Waals surface area contributed by atoms with Gasteiger partial charge in [0.15, 0.2) is 5.89 Å². The standard InChI is InChI=1S/C23H35N3O2/c1-7-28-22(5,6)23(11-10-20-24-13-15-27-20)12-14-26(17-23)21(3,4)19-9-8-18(2)25-16-19/h8-9,13,15-16H,7,10-12,14,17H2,1-6H3. The quantitative estimate of drug-likeness (QED) is 0.656. The van der Waals surface area contributed by atoms with Crippen molar-refractivity contribution >= 4 is 0 Å². The van der Waals surface area contributed by atoms with Gasteiger partial charge in [0.2, 0.25) is 0 Å². The number of likely N-dealkylation sites (tertiary alicyclic amines) is 1. The lowest BCUT2D eigenvalue weighted by molar-refractivity contribution is -0.110. The summed E-state index contributed by atoms with van der Waals surface area (Å²) >= 11 is 0. The summed E-state index contributed by atoms with van der Waals surface area (Å²) in [5, 5.41) is 0. The summed E-state index contributed by atoms with van der Waals surface area (Å²) in [4.78, 5) is 11.5. The predicted molar refractivity (Wildman–Crippen MR) is 111 cm³/mol. The number of aromatic nitrogens is 2. The molecular weight excluding hydrogens is 350 g/mol. The Morgan fingerprint density at radius 1 is 1.21 bits per heavy atom. The van der Waals surface area contributed by atoms with Crippen LogP contribution in [0.5, 0.6) is 0 Å². The van der Waals surface area contributed by atoms with Crippen molar-refractivity contribution < 1.29 is 9.15 Å². The molecule has 0 amide bonds. The second-order valence-corrected chi connectivity index (χ2v) is 9.07. The van der Waals surface area contributed by atoms with E-state index in [4.69, 9.17) is 9.15 Å². The van der Waals surface area contributed by atoms with Gasteiger partial charge in [0.05, 0.1) is 11.8 Å². The molecule has 0 aliphatic carbocycles. The van der Waals surface area contributed by atoms with E-state index in [2.05, 4.69) is 61.6 Å². The van der Waals surface area contributed by atoms with Crippen LogP contribution in [0, 0.1) is 12.3 Å². The van der Waals surface area contributed by atoms with E-state index in [1.54, 1.807) is 12.5 Å². The molecule has 3 rings (SSSR count). The fourth-order valence-corrected chi connectivity index (χ4v) is 4.59. The van der Waals surface area contributed by atoms with E-state index in [0.29, 0.717) is 0 Å². The monoisotopic (exact) mass is 385 g/mol. The fraction of sp³-hybridized carbons (Fsp3) is 0.652. The maximum absolute atomic E-state index is 6.28. The third-order valence-corrected chi connectivity index (χ3v) is 6.85. The van der Waals surface area contributed by atoms with Crippen LogP contribution >= 0.6 is 0 Å². The Kier molecular flexibility index (Phi) is 5.97. The molecule has 5 nitrogen and oxygen atoms in total. The van der Waals surface area contributed by atoms with E-state index in [1.807, 2.05) is 13.1 Å². The number of ether oxygens (including phenoxy) is 1. The molecule has 0 aromatic carbocycles. The molecule has 0 radical (unpaired) electrons. The van der Waals surface area contributed by atoms with Crippen molar-refractivity contribution in [3.8, 4) is 0 Å². The van der Waals surface area contributed by atoms with Crippen LogP contribution in [0.25, 0.3) is 0 Å². The minimum atomic E-state index is -0.218. The summed E-state index contributed by atoms with van der Waals surface area (Å²) in [6, 6.07) is 4.32. The average Bonchev–Trinajstić information content (AvgIpc) is 3.31. The molecule has 1 aliphatic heterocycles. The van der Waals surface area contributed by atoms with Crippen molar-refractivity contribution in [2.45, 2.75) is 71.9 Å². The molecule has 0 N–H and O–H groups in total. The van der Waals surface area contributed by atoms with E-state index in [9.17, 15) is 0 Å². The maximum atomic E-state index is 6.28. The van der Waals surface area contributed by atoms with Crippen molar-refractivity contribution in [1.82, 2.24) is 14.9 Å². The molecule has 0 bridgehead atoms. The first-order valence-electron chi connectivity index (χ1n) is 10.4. The van der Waals surface area contributed by atoms with Gasteiger partial charge in [-0.05, 0) is 72.6 Å². The molecule has 1 aliphatic rings. The Morgan fingerprint density at radius 3 is 2.61 bits per heavy atom. The zero-order valence-corrected chi connectivity index (χ0v) is 18.3. The number of nitrogens with zero attached hydrogens (tertiary/aromatic N) is 3. The molecule has 2 aromatic heterocycles. The number of pyridine rings is 1. The maximum Gasteiger partial charge on any atom is 0.193 e. The fourth-order valence-electron chi connectivity index (χ4n) is 4.59. The van der Waals surface area contributed by atoms with Crippen molar-refractivity contribution in [2.75, 3.05) is 19.7 Å². The number of hydrogen-bond acceptors (Lipinski definition) is 5. The smallest absolute Gasteiger partial charge is 0.193 e. The summed E-state index contributed by atoms with van der Waals surface area (Å²) in [5.41, 5.74) is 2.07. The number of aryl methyl sites for hydroxylation is 2. The average molecular weight is 386 g/mol. The highest BCUT2D eigenvalue weighted by Gasteiger charge is 2.52. The Hall–Kier alpha value is -1.72. The van der Waals surface area contributed by atoms with Gasteiger partial charge < -0.3 is 9.15 Å². The molecule has 5 heteroatoms. The van der Waals surface area contributed by atoms with Gasteiger partial charge in [-0.2, -0.15) is 0 Å². The lowest BCUT2D eigenvalue weighted by Gasteiger charge is -2.45. The number of oxazole rings is 1. The second kappa shape index (κ2) is 7.96. The lowest BCUT2D eigenvalue weighted by atomic mass is 9.69. The highest BCUT2D eigenvalue weighted by Crippen LogP contribution is 2.49. The molecule has 0 saturated carbocycles. The molecular formula is C23H35N3O2. The van der Waals surface area contributed by atoms with Gasteiger partial charge in [0.25, 0.3) is 0 Å². The number of rotatable bonds is 8. The molecule has 1 fully saturated rings. The summed E-state index contributed by atoms with van der Waals surface area (Å²) in [6.45, 7) is 16.0. The second-order valence-electron chi connectivity index (χ2n) is 9.07. The molecule has 154 valence electrons. The van der Waals surface area contributed by atoms with Crippen molar-refractivity contribution in [3.63, 3.8) is 0 Å². The van der Waals surface area contributed by atoms with E-state index in [0.717, 1.165) is 50.5 Å². The van der Waals surface area contributed by atoms with Gasteiger partial charge in [-0.1, -0.05) is 6.07 Å². The van der Waals surface area contributed by atoms with Crippen molar-refractivity contribution in [2.24, 2.45) is 5.41 Å². The molecule has 28 heavy (non-hydrogen) atoms. The van der Waals surface area contributed by atoms with Crippen LogP contribution in [0.15, 0.2) is 35.2 Å². The molecule has 0 spiro atoms. The minimum absolute atomic E-state index is 0.0485. The first-order chi connectivity index (χ1) is 13.2. The largest absolute Gasteiger partial charge is 0.449 e. The van der Waals surface area contributed by atoms with Crippen molar-refractivity contribution in [1.29, 1.82) is 0 Å². The van der Waals surface area contributed by atoms with Crippen LogP contribution in [0.4, 0.5) is 0 Å². The van der Waals surface area contributed by atoms with E-state index in [1.165, 1.54) is 5.56 Å². The summed E-state index contributed by atoms with van der Waals surface area (Å²) in [7, 11) is 0. The van der Waals surface area contributed by atoms with Crippen LogP contribution < -0.4 is 0 Å². The van der Waals surface area contributed by atoms with Crippen molar-refractivity contribution in [3.05, 3.63) is 47.9 Å². The predicted octanol–water partition coefficient (Wildman–Crippen LogP) is 4.75.